The summed E-state index contributed by atoms with van der Waals surface area (Å²) in [7, 11) is 0. The second-order valence-electron chi connectivity index (χ2n) is 1.73. The molecule has 0 atom stereocenters. The van der Waals surface area contributed by atoms with Crippen LogP contribution in [-0.2, 0) is 0 Å². The van der Waals surface area contributed by atoms with Gasteiger partial charge in [0.25, 0.3) is 11.5 Å². The van der Waals surface area contributed by atoms with Crippen molar-refractivity contribution in [2.24, 2.45) is 5.73 Å². The number of carbonyl (C=O) groups is 1. The van der Waals surface area contributed by atoms with Gasteiger partial charge in [0.1, 0.15) is 11.4 Å². The van der Waals surface area contributed by atoms with E-state index in [4.69, 9.17) is 11.5 Å². The van der Waals surface area contributed by atoms with Gasteiger partial charge in [-0.05, 0) is 0 Å². The molecule has 0 unspecified atom stereocenters. The zero-order valence-corrected chi connectivity index (χ0v) is 4.97. The number of nitrogens with two attached hydrogens (primary N) is 2. The van der Waals surface area contributed by atoms with Crippen LogP contribution in [0.25, 0.3) is 0 Å². The molecule has 0 saturated heterocycles. The highest BCUT2D eigenvalue weighted by Gasteiger charge is 2.09. The summed E-state index contributed by atoms with van der Waals surface area (Å²) in [5, 5.41) is 4.35. The number of rotatable bonds is 1. The lowest BCUT2D eigenvalue weighted by molar-refractivity contribution is 0.0996. The number of aromatic nitrogens is 2. The molecular weight excluding hydrogens is 136 g/mol. The maximum absolute atomic E-state index is 10.5. The molecule has 1 amide bonds. The smallest absolute Gasteiger partial charge is 0.287 e. The third-order valence-corrected chi connectivity index (χ3v) is 1.06. The van der Waals surface area contributed by atoms with Gasteiger partial charge in [0.05, 0.1) is 0 Å². The van der Waals surface area contributed by atoms with Crippen molar-refractivity contribution in [2.45, 2.75) is 0 Å². The van der Waals surface area contributed by atoms with E-state index in [2.05, 4.69) is 10.2 Å². The van der Waals surface area contributed by atoms with E-state index < -0.39 is 11.5 Å². The summed E-state index contributed by atoms with van der Waals surface area (Å²) in [5.41, 5.74) is 9.16. The number of carbonyl (C=O) groups excluding carboxylic acids is 1. The molecule has 0 aromatic carbocycles. The predicted octanol–water partition coefficient (Wildman–Crippen LogP) is -1.62. The lowest BCUT2D eigenvalue weighted by atomic mass is 10.4. The molecule has 0 aliphatic rings. The molecule has 1 rings (SSSR count). The van der Waals surface area contributed by atoms with Gasteiger partial charge >= 0.3 is 0 Å². The number of H-pyrrole nitrogens is 2. The van der Waals surface area contributed by atoms with Crippen molar-refractivity contribution in [3.8, 4) is 0 Å². The topological polar surface area (TPSA) is 118 Å². The van der Waals surface area contributed by atoms with Gasteiger partial charge in [-0.3, -0.25) is 19.8 Å². The number of primary amides is 1. The molecule has 0 bridgehead atoms. The molecule has 1 aromatic rings. The van der Waals surface area contributed by atoms with Gasteiger partial charge in [-0.15, -0.1) is 0 Å². The van der Waals surface area contributed by atoms with Crippen molar-refractivity contribution < 1.29 is 4.79 Å². The average molecular weight is 142 g/mol. The molecule has 0 radical (unpaired) electrons. The van der Waals surface area contributed by atoms with E-state index in [1.165, 1.54) is 0 Å². The Morgan fingerprint density at radius 2 is 2.00 bits per heavy atom. The van der Waals surface area contributed by atoms with Crippen LogP contribution in [0.2, 0.25) is 0 Å². The van der Waals surface area contributed by atoms with Crippen molar-refractivity contribution >= 4 is 11.6 Å². The number of nitrogens with one attached hydrogen (secondary N) is 2. The SMILES string of the molecule is NC(=O)c1[nH][nH]c(=O)c1N. The normalized spacial score (nSPS) is 9.60. The summed E-state index contributed by atoms with van der Waals surface area (Å²) in [6.07, 6.45) is 0. The first kappa shape index (κ1) is 6.40. The highest BCUT2D eigenvalue weighted by atomic mass is 16.2. The third kappa shape index (κ3) is 0.750. The lowest BCUT2D eigenvalue weighted by Gasteiger charge is -1.86. The van der Waals surface area contributed by atoms with Gasteiger partial charge in [-0.1, -0.05) is 0 Å². The van der Waals surface area contributed by atoms with Crippen molar-refractivity contribution in [3.63, 3.8) is 0 Å². The molecule has 54 valence electrons. The Labute approximate surface area is 55.2 Å². The molecule has 0 aliphatic heterocycles. The zero-order valence-electron chi connectivity index (χ0n) is 4.97. The van der Waals surface area contributed by atoms with Gasteiger partial charge < -0.3 is 11.5 Å². The quantitative estimate of drug-likeness (QED) is 0.377. The summed E-state index contributed by atoms with van der Waals surface area (Å²) in [6.45, 7) is 0. The van der Waals surface area contributed by atoms with E-state index >= 15 is 0 Å². The maximum Gasteiger partial charge on any atom is 0.287 e. The summed E-state index contributed by atoms with van der Waals surface area (Å²) < 4.78 is 0. The largest absolute Gasteiger partial charge is 0.392 e. The van der Waals surface area contributed by atoms with Gasteiger partial charge in [0, 0.05) is 0 Å². The molecule has 6 nitrogen and oxygen atoms in total. The fraction of sp³-hybridized carbons (Fsp3) is 0. The van der Waals surface area contributed by atoms with Crippen LogP contribution >= 0.6 is 0 Å². The fourth-order valence-corrected chi connectivity index (χ4v) is 0.562. The number of amides is 1. The standard InChI is InChI=1S/C4H6N4O2/c5-1-2(3(6)9)7-8-4(1)10/h5H2,(H2,6,9)(H2,7,8,10). The first-order valence-electron chi connectivity index (χ1n) is 2.49. The third-order valence-electron chi connectivity index (χ3n) is 1.06. The van der Waals surface area contributed by atoms with E-state index in [1.807, 2.05) is 0 Å². The van der Waals surface area contributed by atoms with Gasteiger partial charge in [0.15, 0.2) is 0 Å². The molecule has 10 heavy (non-hydrogen) atoms. The fourth-order valence-electron chi connectivity index (χ4n) is 0.562. The van der Waals surface area contributed by atoms with Crippen LogP contribution in [0.15, 0.2) is 4.79 Å². The van der Waals surface area contributed by atoms with E-state index in [9.17, 15) is 9.59 Å². The van der Waals surface area contributed by atoms with E-state index in [0.29, 0.717) is 0 Å². The van der Waals surface area contributed by atoms with Crippen LogP contribution in [-0.4, -0.2) is 16.1 Å². The van der Waals surface area contributed by atoms with Crippen molar-refractivity contribution in [2.75, 3.05) is 5.73 Å². The minimum atomic E-state index is -0.754. The van der Waals surface area contributed by atoms with Crippen molar-refractivity contribution in [3.05, 3.63) is 16.0 Å². The number of hydrogen-bond acceptors (Lipinski definition) is 3. The Morgan fingerprint density at radius 1 is 1.40 bits per heavy atom. The summed E-state index contributed by atoms with van der Waals surface area (Å²) in [5.74, 6) is -0.754. The molecule has 6 heteroatoms. The van der Waals surface area contributed by atoms with Crippen molar-refractivity contribution in [1.82, 2.24) is 10.2 Å². The number of hydrogen-bond donors (Lipinski definition) is 4. The summed E-state index contributed by atoms with van der Waals surface area (Å²) >= 11 is 0. The highest BCUT2D eigenvalue weighted by Crippen LogP contribution is 1.96. The van der Waals surface area contributed by atoms with Crippen LogP contribution in [0.5, 0.6) is 0 Å². The Bertz CT molecular complexity index is 309. The zero-order chi connectivity index (χ0) is 7.72. The number of nitrogen functional groups attached to an aromatic ring is 1. The first-order valence-corrected chi connectivity index (χ1v) is 2.49. The minimum Gasteiger partial charge on any atom is -0.392 e. The lowest BCUT2D eigenvalue weighted by Crippen LogP contribution is -2.15. The van der Waals surface area contributed by atoms with Gasteiger partial charge in [-0.2, -0.15) is 0 Å². The van der Waals surface area contributed by atoms with Crippen LogP contribution in [0.1, 0.15) is 10.5 Å². The van der Waals surface area contributed by atoms with Crippen molar-refractivity contribution in [1.29, 1.82) is 0 Å². The minimum absolute atomic E-state index is 0.0787. The monoisotopic (exact) mass is 142 g/mol. The number of aromatic amines is 2. The second kappa shape index (κ2) is 1.90. The molecule has 1 heterocycles. The molecule has 6 N–H and O–H groups in total. The first-order chi connectivity index (χ1) is 4.63. The summed E-state index contributed by atoms with van der Waals surface area (Å²) in [6, 6.07) is 0. The molecule has 0 saturated carbocycles. The average Bonchev–Trinajstić information content (AvgIpc) is 2.14. The van der Waals surface area contributed by atoms with Gasteiger partial charge in [0.2, 0.25) is 0 Å². The van der Waals surface area contributed by atoms with Crippen LogP contribution in [0.4, 0.5) is 5.69 Å². The number of anilines is 1. The van der Waals surface area contributed by atoms with E-state index in [-0.39, 0.29) is 11.4 Å². The highest BCUT2D eigenvalue weighted by molar-refractivity contribution is 5.95. The van der Waals surface area contributed by atoms with Crippen LogP contribution in [0.3, 0.4) is 0 Å². The van der Waals surface area contributed by atoms with E-state index in [1.54, 1.807) is 0 Å². The van der Waals surface area contributed by atoms with Gasteiger partial charge in [-0.25, -0.2) is 0 Å². The van der Waals surface area contributed by atoms with Crippen LogP contribution in [0, 0.1) is 0 Å². The molecule has 1 aromatic heterocycles. The maximum atomic E-state index is 10.5. The molecular formula is C4H6N4O2. The Balaban J connectivity index is 3.31. The van der Waals surface area contributed by atoms with E-state index in [0.717, 1.165) is 0 Å². The Morgan fingerprint density at radius 3 is 2.20 bits per heavy atom. The Kier molecular flexibility index (Phi) is 1.22. The van der Waals surface area contributed by atoms with Crippen LogP contribution < -0.4 is 17.0 Å². The Hall–Kier alpha value is -1.72. The predicted molar refractivity (Wildman–Crippen MR) is 34.3 cm³/mol. The second-order valence-corrected chi connectivity index (χ2v) is 1.73. The summed E-state index contributed by atoms with van der Waals surface area (Å²) in [4.78, 5) is 20.9. The molecule has 0 spiro atoms. The molecule has 0 fully saturated rings. The molecule has 0 aliphatic carbocycles.